The van der Waals surface area contributed by atoms with E-state index in [1.807, 2.05) is 0 Å². The van der Waals surface area contributed by atoms with E-state index in [-0.39, 0.29) is 17.9 Å². The van der Waals surface area contributed by atoms with E-state index >= 15 is 0 Å². The van der Waals surface area contributed by atoms with Crippen LogP contribution in [-0.4, -0.2) is 33.7 Å². The van der Waals surface area contributed by atoms with Crippen LogP contribution in [0.25, 0.3) is 10.9 Å². The van der Waals surface area contributed by atoms with E-state index in [0.717, 1.165) is 0 Å². The Morgan fingerprint density at radius 1 is 1.28 bits per heavy atom. The quantitative estimate of drug-likeness (QED) is 0.710. The number of nitrogens with zero attached hydrogens (tertiary/aromatic N) is 2. The number of carbonyl (C=O) groups is 2. The molecule has 7 nitrogen and oxygen atoms in total. The van der Waals surface area contributed by atoms with E-state index in [1.165, 1.54) is 0 Å². The number of hydrogen-bond donors (Lipinski definition) is 3. The Bertz CT molecular complexity index is 627. The molecule has 0 atom stereocenters. The molecule has 0 aliphatic carbocycles. The van der Waals surface area contributed by atoms with Crippen molar-refractivity contribution in [3.05, 3.63) is 30.0 Å². The predicted octanol–water partition coefficient (Wildman–Crippen LogP) is 0.225. The van der Waals surface area contributed by atoms with E-state index in [9.17, 15) is 9.59 Å². The molecule has 0 unspecified atom stereocenters. The number of carbonyl (C=O) groups excluding carboxylic acids is 1. The number of carboxylic acids is 1. The molecule has 0 fully saturated rings. The van der Waals surface area contributed by atoms with Gasteiger partial charge in [0, 0.05) is 5.39 Å². The van der Waals surface area contributed by atoms with Crippen molar-refractivity contribution in [3.8, 4) is 0 Å². The van der Waals surface area contributed by atoms with E-state index in [0.29, 0.717) is 10.9 Å². The predicted molar refractivity (Wildman–Crippen MR) is 64.2 cm³/mol. The van der Waals surface area contributed by atoms with Crippen LogP contribution in [0.1, 0.15) is 10.5 Å². The second-order valence-electron chi connectivity index (χ2n) is 3.57. The minimum Gasteiger partial charge on any atom is -0.476 e. The zero-order valence-corrected chi connectivity index (χ0v) is 9.25. The van der Waals surface area contributed by atoms with Crippen molar-refractivity contribution in [2.45, 2.75) is 0 Å². The summed E-state index contributed by atoms with van der Waals surface area (Å²) in [6, 6.07) is 6.89. The van der Waals surface area contributed by atoms with Crippen LogP contribution in [0.3, 0.4) is 0 Å². The van der Waals surface area contributed by atoms with Crippen molar-refractivity contribution in [2.75, 3.05) is 11.9 Å². The molecule has 92 valence electrons. The molecule has 2 aromatic rings. The van der Waals surface area contributed by atoms with Crippen molar-refractivity contribution in [1.82, 2.24) is 10.2 Å². The maximum absolute atomic E-state index is 11.1. The molecule has 0 saturated carbocycles. The molecule has 1 amide bonds. The normalized spacial score (nSPS) is 10.2. The standard InChI is InChI=1S/C11H10N4O3/c12-8(16)5-13-9-6-3-1-2-4-7(6)14-15-10(9)11(17)18/h1-4H,5H2,(H2,12,16)(H,13,14)(H,17,18). The molecule has 0 aliphatic heterocycles. The van der Waals surface area contributed by atoms with Gasteiger partial charge in [0.25, 0.3) is 0 Å². The number of amides is 1. The first-order valence-corrected chi connectivity index (χ1v) is 5.10. The highest BCUT2D eigenvalue weighted by molar-refractivity contribution is 6.03. The molecule has 7 heteroatoms. The van der Waals surface area contributed by atoms with Gasteiger partial charge in [-0.25, -0.2) is 4.79 Å². The first-order chi connectivity index (χ1) is 8.59. The molecular weight excluding hydrogens is 236 g/mol. The third kappa shape index (κ3) is 2.19. The van der Waals surface area contributed by atoms with Crippen molar-refractivity contribution in [3.63, 3.8) is 0 Å². The first-order valence-electron chi connectivity index (χ1n) is 5.10. The minimum absolute atomic E-state index is 0.171. The number of aromatic nitrogens is 2. The third-order valence-electron chi connectivity index (χ3n) is 2.31. The number of hydrogen-bond acceptors (Lipinski definition) is 5. The Morgan fingerprint density at radius 3 is 2.67 bits per heavy atom. The van der Waals surface area contributed by atoms with Gasteiger partial charge in [-0.05, 0) is 6.07 Å². The fourth-order valence-corrected chi connectivity index (χ4v) is 1.56. The molecule has 0 bridgehead atoms. The first kappa shape index (κ1) is 11.8. The average Bonchev–Trinajstić information content (AvgIpc) is 2.35. The summed E-state index contributed by atoms with van der Waals surface area (Å²) >= 11 is 0. The van der Waals surface area contributed by atoms with Crippen molar-refractivity contribution >= 4 is 28.5 Å². The molecule has 18 heavy (non-hydrogen) atoms. The molecule has 0 aliphatic rings. The monoisotopic (exact) mass is 246 g/mol. The van der Waals surface area contributed by atoms with Crippen LogP contribution in [0.2, 0.25) is 0 Å². The molecule has 0 saturated heterocycles. The van der Waals surface area contributed by atoms with Crippen molar-refractivity contribution in [1.29, 1.82) is 0 Å². The van der Waals surface area contributed by atoms with Gasteiger partial charge in [0.15, 0.2) is 5.69 Å². The Morgan fingerprint density at radius 2 is 2.00 bits per heavy atom. The maximum Gasteiger partial charge on any atom is 0.358 e. The lowest BCUT2D eigenvalue weighted by Gasteiger charge is -2.09. The summed E-state index contributed by atoms with van der Waals surface area (Å²) in [4.78, 5) is 21.8. The molecule has 1 aromatic carbocycles. The van der Waals surface area contributed by atoms with Gasteiger partial charge in [-0.15, -0.1) is 10.2 Å². The zero-order chi connectivity index (χ0) is 13.1. The summed E-state index contributed by atoms with van der Waals surface area (Å²) in [5.74, 6) is -1.81. The zero-order valence-electron chi connectivity index (χ0n) is 9.25. The minimum atomic E-state index is -1.22. The summed E-state index contributed by atoms with van der Waals surface area (Å²) in [6.07, 6.45) is 0. The van der Waals surface area contributed by atoms with Crippen LogP contribution >= 0.6 is 0 Å². The second-order valence-corrected chi connectivity index (χ2v) is 3.57. The largest absolute Gasteiger partial charge is 0.476 e. The van der Waals surface area contributed by atoms with Gasteiger partial charge in [0.1, 0.15) is 0 Å². The topological polar surface area (TPSA) is 118 Å². The average molecular weight is 246 g/mol. The lowest BCUT2D eigenvalue weighted by molar-refractivity contribution is -0.116. The van der Waals surface area contributed by atoms with Crippen LogP contribution in [0.15, 0.2) is 24.3 Å². The Kier molecular flexibility index (Phi) is 3.05. The number of anilines is 1. The fourth-order valence-electron chi connectivity index (χ4n) is 1.56. The Labute approximate surface area is 102 Å². The summed E-state index contributed by atoms with van der Waals surface area (Å²) in [5.41, 5.74) is 5.56. The number of fused-ring (bicyclic) bond motifs is 1. The van der Waals surface area contributed by atoms with Gasteiger partial charge in [-0.3, -0.25) is 4.79 Å². The molecular formula is C11H10N4O3. The van der Waals surface area contributed by atoms with Crippen molar-refractivity contribution < 1.29 is 14.7 Å². The number of aromatic carboxylic acids is 1. The summed E-state index contributed by atoms with van der Waals surface area (Å²) in [7, 11) is 0. The summed E-state index contributed by atoms with van der Waals surface area (Å²) in [6.45, 7) is -0.171. The van der Waals surface area contributed by atoms with Gasteiger partial charge in [-0.2, -0.15) is 0 Å². The highest BCUT2D eigenvalue weighted by Gasteiger charge is 2.16. The molecule has 4 N–H and O–H groups in total. The van der Waals surface area contributed by atoms with Gasteiger partial charge < -0.3 is 16.2 Å². The molecule has 0 radical (unpaired) electrons. The summed E-state index contributed by atoms with van der Waals surface area (Å²) in [5, 5.41) is 19.7. The Hall–Kier alpha value is -2.70. The maximum atomic E-state index is 11.1. The number of nitrogens with one attached hydrogen (secondary N) is 1. The van der Waals surface area contributed by atoms with E-state index in [4.69, 9.17) is 10.8 Å². The molecule has 1 heterocycles. The lowest BCUT2D eigenvalue weighted by Crippen LogP contribution is -2.23. The van der Waals surface area contributed by atoms with E-state index in [2.05, 4.69) is 15.5 Å². The molecule has 2 rings (SSSR count). The number of rotatable bonds is 4. The second kappa shape index (κ2) is 4.66. The number of benzene rings is 1. The van der Waals surface area contributed by atoms with Crippen LogP contribution in [0.4, 0.5) is 5.69 Å². The van der Waals surface area contributed by atoms with Crippen LogP contribution < -0.4 is 11.1 Å². The molecule has 1 aromatic heterocycles. The number of nitrogens with two attached hydrogens (primary N) is 1. The lowest BCUT2D eigenvalue weighted by atomic mass is 10.1. The molecule has 0 spiro atoms. The number of primary amides is 1. The highest BCUT2D eigenvalue weighted by atomic mass is 16.4. The SMILES string of the molecule is NC(=O)CNc1c(C(=O)O)nnc2ccccc12. The number of carboxylic acid groups (broad SMARTS) is 1. The van der Waals surface area contributed by atoms with E-state index < -0.39 is 11.9 Å². The van der Waals surface area contributed by atoms with Crippen LogP contribution in [0.5, 0.6) is 0 Å². The smallest absolute Gasteiger partial charge is 0.358 e. The van der Waals surface area contributed by atoms with Crippen LogP contribution in [0, 0.1) is 0 Å². The van der Waals surface area contributed by atoms with Gasteiger partial charge >= 0.3 is 5.97 Å². The van der Waals surface area contributed by atoms with E-state index in [1.54, 1.807) is 24.3 Å². The highest BCUT2D eigenvalue weighted by Crippen LogP contribution is 2.23. The van der Waals surface area contributed by atoms with Gasteiger partial charge in [0.05, 0.1) is 17.7 Å². The summed E-state index contributed by atoms with van der Waals surface area (Å²) < 4.78 is 0. The Balaban J connectivity index is 2.58. The van der Waals surface area contributed by atoms with Crippen LogP contribution in [-0.2, 0) is 4.79 Å². The fraction of sp³-hybridized carbons (Fsp3) is 0.0909. The van der Waals surface area contributed by atoms with Gasteiger partial charge in [-0.1, -0.05) is 18.2 Å². The third-order valence-corrected chi connectivity index (χ3v) is 2.31. The van der Waals surface area contributed by atoms with Gasteiger partial charge in [0.2, 0.25) is 5.91 Å². The van der Waals surface area contributed by atoms with Crippen molar-refractivity contribution in [2.24, 2.45) is 5.73 Å².